The van der Waals surface area contributed by atoms with Crippen LogP contribution in [0.15, 0.2) is 48.5 Å². The fourth-order valence-corrected chi connectivity index (χ4v) is 2.68. The lowest BCUT2D eigenvalue weighted by atomic mass is 9.92. The van der Waals surface area contributed by atoms with E-state index in [1.165, 1.54) is 7.11 Å². The third-order valence-electron chi connectivity index (χ3n) is 3.53. The maximum atomic E-state index is 12.2. The molecule has 0 amide bonds. The molecular formula is C17H12O4. The van der Waals surface area contributed by atoms with Gasteiger partial charge in [-0.05, 0) is 21.5 Å². The van der Waals surface area contributed by atoms with Crippen molar-refractivity contribution >= 4 is 33.5 Å². The second-order valence-corrected chi connectivity index (χ2v) is 4.64. The van der Waals surface area contributed by atoms with Gasteiger partial charge in [0.25, 0.3) is 0 Å². The normalized spacial score (nSPS) is 10.7. The van der Waals surface area contributed by atoms with E-state index in [0.29, 0.717) is 27.1 Å². The Bertz CT molecular complexity index is 823. The van der Waals surface area contributed by atoms with Gasteiger partial charge in [-0.1, -0.05) is 48.5 Å². The van der Waals surface area contributed by atoms with E-state index in [1.54, 1.807) is 48.5 Å². The van der Waals surface area contributed by atoms with Crippen molar-refractivity contribution in [2.75, 3.05) is 7.11 Å². The first kappa shape index (κ1) is 13.1. The number of ether oxygens (including phenoxy) is 1. The number of carboxylic acid groups (broad SMARTS) is 1. The number of esters is 1. The fraction of sp³-hybridized carbons (Fsp3) is 0.0588. The van der Waals surface area contributed by atoms with E-state index in [0.717, 1.165) is 0 Å². The molecule has 0 aliphatic heterocycles. The van der Waals surface area contributed by atoms with Crippen LogP contribution < -0.4 is 0 Å². The Morgan fingerprint density at radius 2 is 1.19 bits per heavy atom. The lowest BCUT2D eigenvalue weighted by Crippen LogP contribution is -2.07. The van der Waals surface area contributed by atoms with Crippen molar-refractivity contribution in [2.24, 2.45) is 0 Å². The first-order valence-electron chi connectivity index (χ1n) is 6.40. The van der Waals surface area contributed by atoms with Crippen LogP contribution in [0.25, 0.3) is 21.5 Å². The molecule has 0 unspecified atom stereocenters. The summed E-state index contributed by atoms with van der Waals surface area (Å²) in [5, 5.41) is 11.8. The monoisotopic (exact) mass is 280 g/mol. The number of carbonyl (C=O) groups is 2. The molecule has 0 fully saturated rings. The maximum Gasteiger partial charge on any atom is 0.339 e. The van der Waals surface area contributed by atoms with Gasteiger partial charge in [-0.2, -0.15) is 0 Å². The average molecular weight is 280 g/mol. The molecule has 0 radical (unpaired) electrons. The third kappa shape index (κ3) is 1.92. The average Bonchev–Trinajstić information content (AvgIpc) is 2.51. The van der Waals surface area contributed by atoms with Crippen LogP contribution >= 0.6 is 0 Å². The molecule has 3 aromatic rings. The van der Waals surface area contributed by atoms with Crippen LogP contribution in [-0.2, 0) is 4.74 Å². The summed E-state index contributed by atoms with van der Waals surface area (Å²) in [4.78, 5) is 23.8. The SMILES string of the molecule is COC(=O)c1c2ccccc2c(C(=O)O)c2ccccc12. The fourth-order valence-electron chi connectivity index (χ4n) is 2.68. The molecule has 0 aromatic heterocycles. The number of methoxy groups -OCH3 is 1. The van der Waals surface area contributed by atoms with Crippen LogP contribution in [0.5, 0.6) is 0 Å². The Kier molecular flexibility index (Phi) is 3.06. The van der Waals surface area contributed by atoms with Crippen LogP contribution in [0.2, 0.25) is 0 Å². The van der Waals surface area contributed by atoms with Gasteiger partial charge in [-0.3, -0.25) is 0 Å². The largest absolute Gasteiger partial charge is 0.478 e. The number of hydrogen-bond acceptors (Lipinski definition) is 3. The highest BCUT2D eigenvalue weighted by Crippen LogP contribution is 2.33. The van der Waals surface area contributed by atoms with Crippen LogP contribution in [0.1, 0.15) is 20.7 Å². The molecule has 0 aliphatic carbocycles. The Morgan fingerprint density at radius 3 is 1.52 bits per heavy atom. The number of hydrogen-bond donors (Lipinski definition) is 1. The predicted molar refractivity (Wildman–Crippen MR) is 79.8 cm³/mol. The lowest BCUT2D eigenvalue weighted by molar-refractivity contribution is 0.0603. The number of benzene rings is 3. The summed E-state index contributed by atoms with van der Waals surface area (Å²) in [5.41, 5.74) is 0.600. The van der Waals surface area contributed by atoms with Gasteiger partial charge in [0.05, 0.1) is 18.2 Å². The molecule has 104 valence electrons. The first-order chi connectivity index (χ1) is 10.1. The van der Waals surface area contributed by atoms with Crippen molar-refractivity contribution in [3.05, 3.63) is 59.7 Å². The molecule has 3 rings (SSSR count). The van der Waals surface area contributed by atoms with E-state index in [1.807, 2.05) is 0 Å². The summed E-state index contributed by atoms with van der Waals surface area (Å²) >= 11 is 0. The summed E-state index contributed by atoms with van der Waals surface area (Å²) in [6.45, 7) is 0. The molecule has 21 heavy (non-hydrogen) atoms. The molecule has 4 heteroatoms. The van der Waals surface area contributed by atoms with E-state index in [9.17, 15) is 14.7 Å². The smallest absolute Gasteiger partial charge is 0.339 e. The zero-order chi connectivity index (χ0) is 15.0. The van der Waals surface area contributed by atoms with Crippen molar-refractivity contribution in [1.82, 2.24) is 0 Å². The molecule has 4 nitrogen and oxygen atoms in total. The number of aromatic carboxylic acids is 1. The van der Waals surface area contributed by atoms with Crippen molar-refractivity contribution in [3.63, 3.8) is 0 Å². The van der Waals surface area contributed by atoms with Gasteiger partial charge >= 0.3 is 11.9 Å². The van der Waals surface area contributed by atoms with Gasteiger partial charge in [0.15, 0.2) is 0 Å². The molecule has 0 aliphatic rings. The zero-order valence-corrected chi connectivity index (χ0v) is 11.3. The number of carbonyl (C=O) groups excluding carboxylic acids is 1. The lowest BCUT2D eigenvalue weighted by Gasteiger charge is -2.13. The summed E-state index contributed by atoms with van der Waals surface area (Å²) in [6.07, 6.45) is 0. The topological polar surface area (TPSA) is 63.6 Å². The van der Waals surface area contributed by atoms with E-state index in [4.69, 9.17) is 4.74 Å². The Hall–Kier alpha value is -2.88. The molecular weight excluding hydrogens is 268 g/mol. The van der Waals surface area contributed by atoms with Crippen molar-refractivity contribution in [1.29, 1.82) is 0 Å². The standard InChI is InChI=1S/C17H12O4/c1-21-17(20)15-12-8-4-2-6-10(12)14(16(18)19)11-7-3-5-9-13(11)15/h2-9H,1H3,(H,18,19). The van der Waals surface area contributed by atoms with Gasteiger partial charge < -0.3 is 9.84 Å². The maximum absolute atomic E-state index is 12.2. The minimum Gasteiger partial charge on any atom is -0.478 e. The quantitative estimate of drug-likeness (QED) is 0.576. The van der Waals surface area contributed by atoms with Gasteiger partial charge in [-0.25, -0.2) is 9.59 Å². The van der Waals surface area contributed by atoms with E-state index >= 15 is 0 Å². The molecule has 0 saturated heterocycles. The molecule has 1 N–H and O–H groups in total. The van der Waals surface area contributed by atoms with Crippen molar-refractivity contribution in [3.8, 4) is 0 Å². The van der Waals surface area contributed by atoms with E-state index in [2.05, 4.69) is 0 Å². The summed E-state index contributed by atoms with van der Waals surface area (Å²) in [5.74, 6) is -1.49. The second kappa shape index (κ2) is 4.90. The highest BCUT2D eigenvalue weighted by Gasteiger charge is 2.21. The summed E-state index contributed by atoms with van der Waals surface area (Å²) in [7, 11) is 1.32. The van der Waals surface area contributed by atoms with Gasteiger partial charge in [0.1, 0.15) is 0 Å². The highest BCUT2D eigenvalue weighted by atomic mass is 16.5. The van der Waals surface area contributed by atoms with Gasteiger partial charge in [0.2, 0.25) is 0 Å². The minimum absolute atomic E-state index is 0.203. The van der Waals surface area contributed by atoms with Crippen LogP contribution in [0.4, 0.5) is 0 Å². The highest BCUT2D eigenvalue weighted by molar-refractivity contribution is 6.24. The Labute approximate surface area is 120 Å². The van der Waals surface area contributed by atoms with Gasteiger partial charge in [-0.15, -0.1) is 0 Å². The zero-order valence-electron chi connectivity index (χ0n) is 11.3. The Balaban J connectivity index is 2.64. The molecule has 0 spiro atoms. The van der Waals surface area contributed by atoms with E-state index in [-0.39, 0.29) is 5.56 Å². The molecule has 0 bridgehead atoms. The Morgan fingerprint density at radius 1 is 0.810 bits per heavy atom. The number of rotatable bonds is 2. The molecule has 0 saturated carbocycles. The summed E-state index contributed by atoms with van der Waals surface area (Å²) in [6, 6.07) is 13.9. The minimum atomic E-state index is -1.01. The molecule has 3 aromatic carbocycles. The van der Waals surface area contributed by atoms with Gasteiger partial charge in [0, 0.05) is 0 Å². The molecule has 0 atom stereocenters. The first-order valence-corrected chi connectivity index (χ1v) is 6.40. The van der Waals surface area contributed by atoms with Crippen LogP contribution in [0, 0.1) is 0 Å². The van der Waals surface area contributed by atoms with Crippen LogP contribution in [0.3, 0.4) is 0 Å². The third-order valence-corrected chi connectivity index (χ3v) is 3.53. The van der Waals surface area contributed by atoms with Crippen molar-refractivity contribution < 1.29 is 19.4 Å². The number of carboxylic acids is 1. The summed E-state index contributed by atoms with van der Waals surface area (Å²) < 4.78 is 4.87. The van der Waals surface area contributed by atoms with Crippen LogP contribution in [-0.4, -0.2) is 24.2 Å². The molecule has 0 heterocycles. The predicted octanol–water partition coefficient (Wildman–Crippen LogP) is 3.48. The van der Waals surface area contributed by atoms with E-state index < -0.39 is 11.9 Å². The second-order valence-electron chi connectivity index (χ2n) is 4.64. The van der Waals surface area contributed by atoms with Crippen molar-refractivity contribution in [2.45, 2.75) is 0 Å². The number of fused-ring (bicyclic) bond motifs is 2.